The summed E-state index contributed by atoms with van der Waals surface area (Å²) in [6, 6.07) is 4.53. The summed E-state index contributed by atoms with van der Waals surface area (Å²) in [7, 11) is 2.08. The van der Waals surface area contributed by atoms with Crippen LogP contribution < -0.4 is 4.57 Å². The van der Waals surface area contributed by atoms with Crippen LogP contribution in [0.3, 0.4) is 0 Å². The van der Waals surface area contributed by atoms with Crippen molar-refractivity contribution in [3.63, 3.8) is 0 Å². The summed E-state index contributed by atoms with van der Waals surface area (Å²) in [5, 5.41) is 0. The van der Waals surface area contributed by atoms with E-state index in [1.165, 1.54) is 44.6 Å². The summed E-state index contributed by atoms with van der Waals surface area (Å²) in [6.07, 6.45) is 21.5. The normalized spacial score (nSPS) is 28.5. The van der Waals surface area contributed by atoms with Gasteiger partial charge in [-0.1, -0.05) is 91.8 Å². The molecule has 0 saturated carbocycles. The third kappa shape index (κ3) is 3.01. The highest BCUT2D eigenvalue weighted by atomic mass is 14.9. The zero-order valence-electron chi connectivity index (χ0n) is 21.8. The minimum absolute atomic E-state index is 0.0828. The molecule has 4 aliphatic rings. The maximum Gasteiger partial charge on any atom is 0.169 e. The third-order valence-electron chi connectivity index (χ3n) is 8.56. The van der Waals surface area contributed by atoms with Crippen molar-refractivity contribution in [1.29, 1.82) is 0 Å². The maximum absolute atomic E-state index is 2.50. The van der Waals surface area contributed by atoms with Gasteiger partial charge in [-0.25, -0.2) is 4.57 Å². The van der Waals surface area contributed by atoms with Crippen LogP contribution in [0, 0.1) is 21.7 Å². The molecule has 0 aromatic carbocycles. The molecule has 5 rings (SSSR count). The van der Waals surface area contributed by atoms with Crippen LogP contribution in [0.15, 0.2) is 100 Å². The lowest BCUT2D eigenvalue weighted by atomic mass is 9.44. The van der Waals surface area contributed by atoms with Crippen LogP contribution >= 0.6 is 0 Å². The summed E-state index contributed by atoms with van der Waals surface area (Å²) >= 11 is 0. The number of nitrogens with zero attached hydrogens (tertiary/aromatic N) is 1. The van der Waals surface area contributed by atoms with Gasteiger partial charge in [0.15, 0.2) is 12.4 Å². The predicted octanol–water partition coefficient (Wildman–Crippen LogP) is 7.61. The molecule has 2 unspecified atom stereocenters. The van der Waals surface area contributed by atoms with E-state index < -0.39 is 0 Å². The molecule has 1 aromatic rings. The van der Waals surface area contributed by atoms with Gasteiger partial charge in [0.2, 0.25) is 0 Å². The molecule has 170 valence electrons. The molecule has 0 bridgehead atoms. The number of aromatic nitrogens is 1. The molecule has 1 heterocycles. The van der Waals surface area contributed by atoms with Crippen LogP contribution in [0.2, 0.25) is 0 Å². The number of rotatable bonds is 1. The van der Waals surface area contributed by atoms with Crippen molar-refractivity contribution in [2.45, 2.75) is 55.4 Å². The Hall–Kier alpha value is -2.67. The van der Waals surface area contributed by atoms with E-state index >= 15 is 0 Å². The Balaban J connectivity index is 1.89. The van der Waals surface area contributed by atoms with Crippen LogP contribution in [0.4, 0.5) is 0 Å². The largest absolute Gasteiger partial charge is 0.208 e. The SMILES string of the molecule is C[n+]1ccc(C2=C3C=C(C(C)(C)C)C=C4C=CC5=CC(C(C)(C)C)=CC(=C2)C5(C)C43C)cc1. The summed E-state index contributed by atoms with van der Waals surface area (Å²) in [6.45, 7) is 18.9. The topological polar surface area (TPSA) is 3.88 Å². The smallest absolute Gasteiger partial charge is 0.169 e. The Labute approximate surface area is 200 Å². The van der Waals surface area contributed by atoms with Crippen LogP contribution in [-0.2, 0) is 7.05 Å². The van der Waals surface area contributed by atoms with E-state index in [9.17, 15) is 0 Å². The summed E-state index contributed by atoms with van der Waals surface area (Å²) < 4.78 is 2.11. The molecule has 1 nitrogen and oxygen atoms in total. The molecule has 1 aromatic heterocycles. The molecule has 0 aliphatic heterocycles. The molecule has 0 radical (unpaired) electrons. The molecule has 0 saturated heterocycles. The van der Waals surface area contributed by atoms with E-state index in [0.29, 0.717) is 0 Å². The highest BCUT2D eigenvalue weighted by Gasteiger charge is 2.57. The third-order valence-corrected chi connectivity index (χ3v) is 8.56. The van der Waals surface area contributed by atoms with Gasteiger partial charge < -0.3 is 0 Å². The van der Waals surface area contributed by atoms with E-state index in [-0.39, 0.29) is 21.7 Å². The summed E-state index contributed by atoms with van der Waals surface area (Å²) in [5.74, 6) is 0. The van der Waals surface area contributed by atoms with Crippen LogP contribution in [0.5, 0.6) is 0 Å². The molecule has 0 N–H and O–H groups in total. The van der Waals surface area contributed by atoms with Crippen molar-refractivity contribution in [1.82, 2.24) is 0 Å². The predicted molar refractivity (Wildman–Crippen MR) is 139 cm³/mol. The van der Waals surface area contributed by atoms with Gasteiger partial charge in [0.1, 0.15) is 7.05 Å². The Morgan fingerprint density at radius 1 is 0.636 bits per heavy atom. The lowest BCUT2D eigenvalue weighted by Gasteiger charge is -2.58. The zero-order chi connectivity index (χ0) is 24.0. The first kappa shape index (κ1) is 22.1. The molecule has 33 heavy (non-hydrogen) atoms. The highest BCUT2D eigenvalue weighted by Crippen LogP contribution is 2.68. The zero-order valence-corrected chi connectivity index (χ0v) is 21.8. The second kappa shape index (κ2) is 6.69. The molecule has 0 fully saturated rings. The quantitative estimate of drug-likeness (QED) is 0.399. The van der Waals surface area contributed by atoms with Crippen molar-refractivity contribution in [2.24, 2.45) is 28.7 Å². The fourth-order valence-corrected chi connectivity index (χ4v) is 5.94. The maximum atomic E-state index is 2.50. The number of aryl methyl sites for hydroxylation is 1. The first-order valence-corrected chi connectivity index (χ1v) is 12.3. The number of pyridine rings is 1. The molecule has 2 atom stereocenters. The van der Waals surface area contributed by atoms with Gasteiger partial charge in [-0.05, 0) is 61.5 Å². The van der Waals surface area contributed by atoms with Gasteiger partial charge in [0.25, 0.3) is 0 Å². The summed E-state index contributed by atoms with van der Waals surface area (Å²) in [4.78, 5) is 0. The number of allylic oxidation sites excluding steroid dienone is 14. The molecular weight excluding hydrogens is 398 g/mol. The van der Waals surface area contributed by atoms with Gasteiger partial charge in [0, 0.05) is 23.0 Å². The van der Waals surface area contributed by atoms with Crippen molar-refractivity contribution >= 4 is 5.57 Å². The Morgan fingerprint density at radius 2 is 1.15 bits per heavy atom. The van der Waals surface area contributed by atoms with E-state index in [0.717, 1.165) is 0 Å². The van der Waals surface area contributed by atoms with Crippen LogP contribution in [-0.4, -0.2) is 0 Å². The monoisotopic (exact) mass is 436 g/mol. The Kier molecular flexibility index (Phi) is 4.49. The summed E-state index contributed by atoms with van der Waals surface area (Å²) in [5.41, 5.74) is 11.2. The van der Waals surface area contributed by atoms with Crippen molar-refractivity contribution in [3.8, 4) is 0 Å². The lowest BCUT2D eigenvalue weighted by Crippen LogP contribution is -2.48. The fraction of sp³-hybridized carbons (Fsp3) is 0.406. The average molecular weight is 437 g/mol. The Bertz CT molecular complexity index is 1270. The van der Waals surface area contributed by atoms with Gasteiger partial charge in [0.05, 0.1) is 0 Å². The fourth-order valence-electron chi connectivity index (χ4n) is 5.94. The van der Waals surface area contributed by atoms with Crippen molar-refractivity contribution in [2.75, 3.05) is 0 Å². The van der Waals surface area contributed by atoms with Crippen LogP contribution in [0.1, 0.15) is 61.0 Å². The second-order valence-electron chi connectivity index (χ2n) is 12.7. The average Bonchev–Trinajstić information content (AvgIpc) is 2.71. The number of hydrogen-bond acceptors (Lipinski definition) is 0. The van der Waals surface area contributed by atoms with Gasteiger partial charge in [-0.3, -0.25) is 0 Å². The van der Waals surface area contributed by atoms with E-state index in [4.69, 9.17) is 0 Å². The standard InChI is InChI=1S/C32H38N/c1-29(2,3)24-16-22-10-11-23-17-25(30(4,5)6)20-28-27(21-12-14-33(9)15-13-21)19-26(18-24)31(22,7)32(23,28)8/h10-20H,1-9H3/q+1. The second-order valence-corrected chi connectivity index (χ2v) is 12.7. The lowest BCUT2D eigenvalue weighted by molar-refractivity contribution is -0.671. The van der Waals surface area contributed by atoms with E-state index in [1.807, 2.05) is 0 Å². The molecule has 4 aliphatic carbocycles. The van der Waals surface area contributed by atoms with Crippen LogP contribution in [0.25, 0.3) is 5.57 Å². The van der Waals surface area contributed by atoms with E-state index in [1.54, 1.807) is 0 Å². The molecule has 1 heteroatoms. The van der Waals surface area contributed by atoms with Crippen molar-refractivity contribution < 1.29 is 4.57 Å². The van der Waals surface area contributed by atoms with Crippen molar-refractivity contribution in [3.05, 3.63) is 106 Å². The first-order valence-electron chi connectivity index (χ1n) is 12.3. The minimum Gasteiger partial charge on any atom is -0.208 e. The van der Waals surface area contributed by atoms with Gasteiger partial charge in [-0.15, -0.1) is 0 Å². The van der Waals surface area contributed by atoms with Gasteiger partial charge in [-0.2, -0.15) is 0 Å². The molecular formula is C32H38N+. The molecule has 0 amide bonds. The molecule has 0 spiro atoms. The Morgan fingerprint density at radius 3 is 1.70 bits per heavy atom. The highest BCUT2D eigenvalue weighted by molar-refractivity contribution is 5.87. The number of hydrogen-bond donors (Lipinski definition) is 0. The van der Waals surface area contributed by atoms with Gasteiger partial charge >= 0.3 is 0 Å². The first-order chi connectivity index (χ1) is 15.3. The minimum atomic E-state index is -0.111. The van der Waals surface area contributed by atoms with E-state index in [2.05, 4.69) is 134 Å².